The van der Waals surface area contributed by atoms with Crippen LogP contribution in [0, 0.1) is 5.92 Å². The Labute approximate surface area is 249 Å². The van der Waals surface area contributed by atoms with Gasteiger partial charge in [0.2, 0.25) is 0 Å². The predicted octanol–water partition coefficient (Wildman–Crippen LogP) is 8.36. The Kier molecular flexibility index (Phi) is 9.64. The Bertz CT molecular complexity index is 1610. The highest BCUT2D eigenvalue weighted by Crippen LogP contribution is 2.35. The summed E-state index contributed by atoms with van der Waals surface area (Å²) in [4.78, 5) is 24.8. The van der Waals surface area contributed by atoms with Crippen LogP contribution in [-0.2, 0) is 13.0 Å². The van der Waals surface area contributed by atoms with Crippen LogP contribution in [0.1, 0.15) is 83.5 Å². The highest BCUT2D eigenvalue weighted by atomic mass is 16.4. The maximum atomic E-state index is 13.1. The van der Waals surface area contributed by atoms with E-state index in [1.807, 2.05) is 60.7 Å². The fraction of sp³-hybridized carbons (Fsp3) is 0.243. The Morgan fingerprint density at radius 1 is 0.810 bits per heavy atom. The summed E-state index contributed by atoms with van der Waals surface area (Å²) in [6, 6.07) is 28.9. The van der Waals surface area contributed by atoms with Crippen LogP contribution >= 0.6 is 0 Å². The van der Waals surface area contributed by atoms with E-state index < -0.39 is 5.97 Å². The van der Waals surface area contributed by atoms with Gasteiger partial charge in [0, 0.05) is 17.8 Å². The van der Waals surface area contributed by atoms with Crippen LogP contribution in [0.3, 0.4) is 0 Å². The molecule has 0 saturated heterocycles. The van der Waals surface area contributed by atoms with Gasteiger partial charge >= 0.3 is 5.97 Å². The first-order chi connectivity index (χ1) is 20.0. The number of amides is 1. The van der Waals surface area contributed by atoms with Gasteiger partial charge in [-0.1, -0.05) is 80.1 Å². The largest absolute Gasteiger partial charge is 0.478 e. The number of benzene rings is 4. The lowest BCUT2D eigenvalue weighted by molar-refractivity contribution is 0.0697. The van der Waals surface area contributed by atoms with Gasteiger partial charge in [0.05, 0.1) is 5.56 Å². The Morgan fingerprint density at radius 3 is 2.19 bits per heavy atom. The van der Waals surface area contributed by atoms with E-state index in [-0.39, 0.29) is 11.8 Å². The van der Waals surface area contributed by atoms with E-state index in [4.69, 9.17) is 5.73 Å². The number of carboxylic acid groups (broad SMARTS) is 1. The van der Waals surface area contributed by atoms with Crippen molar-refractivity contribution in [1.29, 1.82) is 0 Å². The number of nitrogens with one attached hydrogen (secondary N) is 1. The number of allylic oxidation sites excluding steroid dienone is 2. The number of carbonyl (C=O) groups is 2. The number of rotatable bonds is 10. The molecule has 0 saturated carbocycles. The van der Waals surface area contributed by atoms with E-state index in [1.165, 1.54) is 22.3 Å². The van der Waals surface area contributed by atoms with Gasteiger partial charge in [-0.2, -0.15) is 0 Å². The molecule has 2 unspecified atom stereocenters. The summed E-state index contributed by atoms with van der Waals surface area (Å²) in [5.41, 5.74) is 16.0. The monoisotopic (exact) mass is 560 g/mol. The van der Waals surface area contributed by atoms with Crippen molar-refractivity contribution in [2.75, 3.05) is 5.73 Å². The molecule has 216 valence electrons. The maximum Gasteiger partial charge on any atom is 0.336 e. The topological polar surface area (TPSA) is 92.4 Å². The summed E-state index contributed by atoms with van der Waals surface area (Å²) in [6.45, 7) is 11.2. The third kappa shape index (κ3) is 7.16. The van der Waals surface area contributed by atoms with Crippen LogP contribution in [-0.4, -0.2) is 17.0 Å². The minimum absolute atomic E-state index is 0.114. The molecule has 5 heteroatoms. The molecule has 5 nitrogen and oxygen atoms in total. The summed E-state index contributed by atoms with van der Waals surface area (Å²) >= 11 is 0. The molecule has 0 aliphatic carbocycles. The van der Waals surface area contributed by atoms with E-state index in [0.717, 1.165) is 28.7 Å². The summed E-state index contributed by atoms with van der Waals surface area (Å²) < 4.78 is 0. The van der Waals surface area contributed by atoms with Crippen molar-refractivity contribution in [3.63, 3.8) is 0 Å². The fourth-order valence-corrected chi connectivity index (χ4v) is 5.27. The lowest BCUT2D eigenvalue weighted by Crippen LogP contribution is -2.23. The first-order valence-electron chi connectivity index (χ1n) is 14.4. The molecule has 2 atom stereocenters. The van der Waals surface area contributed by atoms with E-state index in [0.29, 0.717) is 29.3 Å². The molecule has 0 radical (unpaired) electrons. The molecule has 0 bridgehead atoms. The first kappa shape index (κ1) is 30.3. The van der Waals surface area contributed by atoms with Gasteiger partial charge in [0.15, 0.2) is 0 Å². The number of carbonyl (C=O) groups excluding carboxylic acids is 1. The number of hydrogen-bond donors (Lipinski definition) is 3. The lowest BCUT2D eigenvalue weighted by Gasteiger charge is -2.25. The number of nitrogens with two attached hydrogens (primary N) is 1. The Hall–Kier alpha value is -4.64. The Balaban J connectivity index is 1.52. The SMILES string of the molecule is CC(C)=C(C)c1cc(C(=O)NCc2cccc(N)c2)ccc1C(C)C(C)Cc1ccc(-c2ccccc2C(=O)O)cc1. The van der Waals surface area contributed by atoms with Crippen molar-refractivity contribution in [1.82, 2.24) is 5.32 Å². The standard InChI is InChI=1S/C37H40N2O3/c1-23(2)25(4)35-21-30(36(40)39-22-28-9-8-10-31(38)20-28)17-18-32(35)26(5)24(3)19-27-13-15-29(16-14-27)33-11-6-7-12-34(33)37(41)42/h6-18,20-21,24,26H,19,22,38H2,1-5H3,(H,39,40)(H,41,42). The molecule has 0 aromatic heterocycles. The second-order valence-corrected chi connectivity index (χ2v) is 11.4. The molecule has 0 aliphatic heterocycles. The van der Waals surface area contributed by atoms with Crippen LogP contribution in [0.5, 0.6) is 0 Å². The van der Waals surface area contributed by atoms with Crippen molar-refractivity contribution in [3.05, 3.63) is 130 Å². The van der Waals surface area contributed by atoms with Gasteiger partial charge in [-0.05, 0) is 108 Å². The Morgan fingerprint density at radius 2 is 1.52 bits per heavy atom. The molecule has 4 aromatic carbocycles. The highest BCUT2D eigenvalue weighted by Gasteiger charge is 2.21. The quantitative estimate of drug-likeness (QED) is 0.170. The maximum absolute atomic E-state index is 13.1. The third-order valence-electron chi connectivity index (χ3n) is 8.20. The van der Waals surface area contributed by atoms with Gasteiger partial charge in [0.25, 0.3) is 5.91 Å². The minimum atomic E-state index is -0.926. The smallest absolute Gasteiger partial charge is 0.336 e. The zero-order chi connectivity index (χ0) is 30.4. The highest BCUT2D eigenvalue weighted by molar-refractivity contribution is 5.96. The van der Waals surface area contributed by atoms with Gasteiger partial charge in [-0.25, -0.2) is 4.79 Å². The van der Waals surface area contributed by atoms with E-state index >= 15 is 0 Å². The molecule has 4 N–H and O–H groups in total. The zero-order valence-corrected chi connectivity index (χ0v) is 25.1. The van der Waals surface area contributed by atoms with Crippen LogP contribution in [0.4, 0.5) is 5.69 Å². The van der Waals surface area contributed by atoms with Gasteiger partial charge in [0.1, 0.15) is 0 Å². The lowest BCUT2D eigenvalue weighted by atomic mass is 9.80. The summed E-state index contributed by atoms with van der Waals surface area (Å²) in [5, 5.41) is 12.6. The molecular formula is C37H40N2O3. The molecule has 0 aliphatic rings. The van der Waals surface area contributed by atoms with Crippen molar-refractivity contribution in [3.8, 4) is 11.1 Å². The second kappa shape index (κ2) is 13.3. The van der Waals surface area contributed by atoms with E-state index in [2.05, 4.69) is 58.1 Å². The summed E-state index contributed by atoms with van der Waals surface area (Å²) in [7, 11) is 0. The van der Waals surface area contributed by atoms with E-state index in [1.54, 1.807) is 12.1 Å². The van der Waals surface area contributed by atoms with Crippen LogP contribution in [0.25, 0.3) is 16.7 Å². The van der Waals surface area contributed by atoms with Gasteiger partial charge < -0.3 is 16.2 Å². The van der Waals surface area contributed by atoms with Gasteiger partial charge in [-0.15, -0.1) is 0 Å². The zero-order valence-electron chi connectivity index (χ0n) is 25.1. The van der Waals surface area contributed by atoms with Crippen molar-refractivity contribution >= 4 is 23.1 Å². The van der Waals surface area contributed by atoms with Crippen LogP contribution in [0.15, 0.2) is 96.6 Å². The van der Waals surface area contributed by atoms with Crippen molar-refractivity contribution in [2.24, 2.45) is 5.92 Å². The number of aromatic carboxylic acids is 1. The van der Waals surface area contributed by atoms with E-state index in [9.17, 15) is 14.7 Å². The van der Waals surface area contributed by atoms with Crippen molar-refractivity contribution < 1.29 is 14.7 Å². The molecule has 42 heavy (non-hydrogen) atoms. The molecular weight excluding hydrogens is 520 g/mol. The average Bonchev–Trinajstić information content (AvgIpc) is 2.99. The normalized spacial score (nSPS) is 12.3. The number of nitrogen functional groups attached to an aromatic ring is 1. The minimum Gasteiger partial charge on any atom is -0.478 e. The second-order valence-electron chi connectivity index (χ2n) is 11.4. The molecule has 0 fully saturated rings. The summed E-state index contributed by atoms with van der Waals surface area (Å²) in [6.07, 6.45) is 0.873. The third-order valence-corrected chi connectivity index (χ3v) is 8.20. The number of anilines is 1. The molecule has 1 amide bonds. The van der Waals surface area contributed by atoms with Gasteiger partial charge in [-0.3, -0.25) is 4.79 Å². The summed E-state index contributed by atoms with van der Waals surface area (Å²) in [5.74, 6) is -0.471. The average molecular weight is 561 g/mol. The first-order valence-corrected chi connectivity index (χ1v) is 14.4. The molecule has 0 heterocycles. The van der Waals surface area contributed by atoms with Crippen LogP contribution < -0.4 is 11.1 Å². The molecule has 4 aromatic rings. The number of hydrogen-bond acceptors (Lipinski definition) is 3. The van der Waals surface area contributed by atoms with Crippen LogP contribution in [0.2, 0.25) is 0 Å². The molecule has 4 rings (SSSR count). The molecule has 0 spiro atoms. The predicted molar refractivity (Wildman–Crippen MR) is 173 cm³/mol. The fourth-order valence-electron chi connectivity index (χ4n) is 5.27. The number of carboxylic acids is 1. The van der Waals surface area contributed by atoms with Crippen molar-refractivity contribution in [2.45, 2.75) is 53.5 Å².